The summed E-state index contributed by atoms with van der Waals surface area (Å²) >= 11 is 0. The lowest BCUT2D eigenvalue weighted by atomic mass is 10.1. The van der Waals surface area contributed by atoms with E-state index in [9.17, 15) is 31.1 Å². The summed E-state index contributed by atoms with van der Waals surface area (Å²) in [6, 6.07) is 8.83. The molecule has 0 spiro atoms. The Hall–Kier alpha value is -2.75. The first kappa shape index (κ1) is 22.5. The van der Waals surface area contributed by atoms with Gasteiger partial charge in [-0.15, -0.1) is 0 Å². The van der Waals surface area contributed by atoms with Gasteiger partial charge in [0, 0.05) is 5.69 Å². The van der Waals surface area contributed by atoms with E-state index in [0.717, 1.165) is 0 Å². The highest BCUT2D eigenvalue weighted by atomic mass is 19.4. The van der Waals surface area contributed by atoms with Gasteiger partial charge >= 0.3 is 18.4 Å². The van der Waals surface area contributed by atoms with Crippen molar-refractivity contribution < 1.29 is 41.0 Å². The zero-order chi connectivity index (χ0) is 21.8. The van der Waals surface area contributed by atoms with Crippen molar-refractivity contribution in [1.29, 1.82) is 0 Å². The first-order chi connectivity index (χ1) is 13.4. The number of rotatable bonds is 5. The number of aliphatic hydroxyl groups excluding tert-OH is 1. The lowest BCUT2D eigenvalue weighted by Gasteiger charge is -2.26. The van der Waals surface area contributed by atoms with Crippen molar-refractivity contribution in [2.75, 3.05) is 11.5 Å². The molecule has 1 N–H and O–H groups in total. The molecular weight excluding hydrogens is 404 g/mol. The molecule has 0 bridgehead atoms. The van der Waals surface area contributed by atoms with Crippen LogP contribution in [0.5, 0.6) is 0 Å². The van der Waals surface area contributed by atoms with Gasteiger partial charge in [-0.1, -0.05) is 30.3 Å². The van der Waals surface area contributed by atoms with E-state index < -0.39 is 48.0 Å². The van der Waals surface area contributed by atoms with Gasteiger partial charge in [0.2, 0.25) is 0 Å². The topological polar surface area (TPSA) is 49.8 Å². The number of nitrogens with zero attached hydrogens (tertiary/aromatic N) is 1. The molecule has 0 heterocycles. The Kier molecular flexibility index (Phi) is 6.78. The molecule has 0 aliphatic rings. The Morgan fingerprint density at radius 3 is 1.97 bits per heavy atom. The zero-order valence-corrected chi connectivity index (χ0v) is 15.1. The third kappa shape index (κ3) is 6.11. The summed E-state index contributed by atoms with van der Waals surface area (Å²) in [4.78, 5) is 13.1. The van der Waals surface area contributed by atoms with E-state index in [1.807, 2.05) is 0 Å². The Labute approximate surface area is 162 Å². The normalized spacial score (nSPS) is 13.1. The Morgan fingerprint density at radius 2 is 1.52 bits per heavy atom. The molecule has 0 aliphatic heterocycles. The van der Waals surface area contributed by atoms with Crippen LogP contribution in [-0.4, -0.2) is 23.9 Å². The van der Waals surface area contributed by atoms with Crippen molar-refractivity contribution >= 4 is 11.8 Å². The molecule has 29 heavy (non-hydrogen) atoms. The van der Waals surface area contributed by atoms with Gasteiger partial charge in [-0.2, -0.15) is 26.3 Å². The van der Waals surface area contributed by atoms with Gasteiger partial charge in [0.15, 0.2) is 0 Å². The second-order valence-electron chi connectivity index (χ2n) is 6.21. The predicted molar refractivity (Wildman–Crippen MR) is 92.1 cm³/mol. The van der Waals surface area contributed by atoms with Gasteiger partial charge in [-0.05, 0) is 30.7 Å². The van der Waals surface area contributed by atoms with Crippen LogP contribution in [0.25, 0.3) is 0 Å². The maximum absolute atomic E-state index is 13.2. The fourth-order valence-electron chi connectivity index (χ4n) is 2.39. The highest BCUT2D eigenvalue weighted by molar-refractivity contribution is 5.88. The molecule has 2 rings (SSSR count). The van der Waals surface area contributed by atoms with Gasteiger partial charge in [-0.3, -0.25) is 4.90 Å². The largest absolute Gasteiger partial charge is 0.444 e. The average molecular weight is 421 g/mol. The molecule has 1 amide bonds. The number of carbonyl (C=O) groups excluding carboxylic acids is 1. The van der Waals surface area contributed by atoms with Crippen LogP contribution in [0.3, 0.4) is 0 Å². The minimum Gasteiger partial charge on any atom is -0.444 e. The van der Waals surface area contributed by atoms with Crippen molar-refractivity contribution in [3.63, 3.8) is 0 Å². The number of ether oxygens (including phenoxy) is 1. The number of carbonyl (C=O) groups is 1. The third-order valence-electron chi connectivity index (χ3n) is 3.85. The van der Waals surface area contributed by atoms with Crippen LogP contribution in [0.1, 0.15) is 23.6 Å². The molecule has 2 aromatic rings. The molecule has 10 heteroatoms. The van der Waals surface area contributed by atoms with E-state index in [-0.39, 0.29) is 12.6 Å². The van der Waals surface area contributed by atoms with Crippen molar-refractivity contribution in [2.45, 2.75) is 31.9 Å². The molecule has 158 valence electrons. The number of alkyl halides is 6. The van der Waals surface area contributed by atoms with Gasteiger partial charge in [0.05, 0.1) is 24.3 Å². The minimum absolute atomic E-state index is 0.0219. The van der Waals surface area contributed by atoms with Crippen molar-refractivity contribution in [3.8, 4) is 0 Å². The maximum Gasteiger partial charge on any atom is 0.416 e. The average Bonchev–Trinajstić information content (AvgIpc) is 2.65. The van der Waals surface area contributed by atoms with Crippen LogP contribution >= 0.6 is 0 Å². The number of benzene rings is 2. The quantitative estimate of drug-likeness (QED) is 0.671. The molecular formula is C19H17F6NO3. The van der Waals surface area contributed by atoms with E-state index in [1.54, 1.807) is 30.3 Å². The molecule has 0 aliphatic carbocycles. The number of amides is 1. The molecule has 0 fully saturated rings. The first-order valence-electron chi connectivity index (χ1n) is 8.34. The smallest absolute Gasteiger partial charge is 0.416 e. The lowest BCUT2D eigenvalue weighted by Crippen LogP contribution is -2.34. The van der Waals surface area contributed by atoms with Crippen molar-refractivity contribution in [1.82, 2.24) is 0 Å². The molecule has 0 radical (unpaired) electrons. The van der Waals surface area contributed by atoms with Gasteiger partial charge < -0.3 is 9.84 Å². The zero-order valence-electron chi connectivity index (χ0n) is 15.1. The second-order valence-corrected chi connectivity index (χ2v) is 6.21. The Balaban J connectivity index is 2.57. The lowest BCUT2D eigenvalue weighted by molar-refractivity contribution is -0.143. The number of hydrogen-bond acceptors (Lipinski definition) is 3. The van der Waals surface area contributed by atoms with Crippen LogP contribution in [0.15, 0.2) is 48.5 Å². The van der Waals surface area contributed by atoms with Crippen molar-refractivity contribution in [3.05, 3.63) is 65.2 Å². The maximum atomic E-state index is 13.2. The van der Waals surface area contributed by atoms with E-state index in [4.69, 9.17) is 9.84 Å². The summed E-state index contributed by atoms with van der Waals surface area (Å²) in [5.41, 5.74) is -3.29. The summed E-state index contributed by atoms with van der Waals surface area (Å²) in [7, 11) is 0. The van der Waals surface area contributed by atoms with Crippen LogP contribution < -0.4 is 4.90 Å². The van der Waals surface area contributed by atoms with E-state index in [1.165, 1.54) is 6.92 Å². The predicted octanol–water partition coefficient (Wildman–Crippen LogP) is 5.25. The molecule has 1 atom stereocenters. The summed E-state index contributed by atoms with van der Waals surface area (Å²) in [5, 5.41) is 9.03. The summed E-state index contributed by atoms with van der Waals surface area (Å²) in [6.45, 7) is 0.420. The fourth-order valence-corrected chi connectivity index (χ4v) is 2.39. The van der Waals surface area contributed by atoms with Gasteiger partial charge in [0.25, 0.3) is 0 Å². The van der Waals surface area contributed by atoms with Gasteiger partial charge in [0.1, 0.15) is 6.10 Å². The Bertz CT molecular complexity index is 804. The van der Waals surface area contributed by atoms with Crippen LogP contribution in [0.4, 0.5) is 36.8 Å². The van der Waals surface area contributed by atoms with Crippen LogP contribution in [0, 0.1) is 0 Å². The monoisotopic (exact) mass is 421 g/mol. The highest BCUT2D eigenvalue weighted by Crippen LogP contribution is 2.38. The number of aliphatic hydroxyl groups is 1. The van der Waals surface area contributed by atoms with Crippen LogP contribution in [-0.2, 0) is 23.6 Å². The van der Waals surface area contributed by atoms with Gasteiger partial charge in [-0.25, -0.2) is 4.79 Å². The molecule has 1 unspecified atom stereocenters. The molecule has 0 saturated heterocycles. The number of anilines is 1. The van der Waals surface area contributed by atoms with E-state index >= 15 is 0 Å². The number of halogens is 6. The SMILES string of the molecule is CC(CO)OC(=O)N(Cc1ccccc1)c1cc(C(F)(F)F)cc(C(F)(F)F)c1. The second kappa shape index (κ2) is 8.73. The third-order valence-corrected chi connectivity index (χ3v) is 3.85. The first-order valence-corrected chi connectivity index (χ1v) is 8.34. The molecule has 2 aromatic carbocycles. The highest BCUT2D eigenvalue weighted by Gasteiger charge is 2.38. The number of hydrogen-bond donors (Lipinski definition) is 1. The summed E-state index contributed by atoms with van der Waals surface area (Å²) < 4.78 is 83.9. The fraction of sp³-hybridized carbons (Fsp3) is 0.316. The molecule has 0 saturated carbocycles. The minimum atomic E-state index is -5.06. The summed E-state index contributed by atoms with van der Waals surface area (Å²) in [5.74, 6) is 0. The van der Waals surface area contributed by atoms with Crippen molar-refractivity contribution in [2.24, 2.45) is 0 Å². The Morgan fingerprint density at radius 1 is 1.00 bits per heavy atom. The van der Waals surface area contributed by atoms with E-state index in [0.29, 0.717) is 22.6 Å². The van der Waals surface area contributed by atoms with Crippen LogP contribution in [0.2, 0.25) is 0 Å². The standard InChI is InChI=1S/C19H17F6NO3/c1-12(11-27)29-17(28)26(10-13-5-3-2-4-6-13)16-8-14(18(20,21)22)7-15(9-16)19(23,24)25/h2-9,12,27H,10-11H2,1H3. The molecule has 0 aromatic heterocycles. The molecule has 4 nitrogen and oxygen atoms in total. The summed E-state index contributed by atoms with van der Waals surface area (Å²) in [6.07, 6.45) is -12.3. The van der Waals surface area contributed by atoms with E-state index in [2.05, 4.69) is 0 Å².